The molecule has 0 saturated heterocycles. The molecule has 0 bridgehead atoms. The molecule has 0 aliphatic heterocycles. The molecular weight excluding hydrogens is 186 g/mol. The van der Waals surface area contributed by atoms with Gasteiger partial charge in [0.1, 0.15) is 12.1 Å². The lowest BCUT2D eigenvalue weighted by atomic mass is 10.0. The highest BCUT2D eigenvalue weighted by Crippen LogP contribution is 2.25. The van der Waals surface area contributed by atoms with Crippen LogP contribution >= 0.6 is 0 Å². The lowest BCUT2D eigenvalue weighted by Gasteiger charge is -2.03. The van der Waals surface area contributed by atoms with Crippen molar-refractivity contribution in [2.24, 2.45) is 7.05 Å². The minimum atomic E-state index is 0.619. The fourth-order valence-corrected chi connectivity index (χ4v) is 1.87. The van der Waals surface area contributed by atoms with Crippen LogP contribution < -0.4 is 0 Å². The molecule has 0 aliphatic carbocycles. The van der Waals surface area contributed by atoms with Gasteiger partial charge in [-0.1, -0.05) is 0 Å². The Balaban J connectivity index is 3.04. The van der Waals surface area contributed by atoms with Crippen LogP contribution in [0.3, 0.4) is 0 Å². The Labute approximate surface area is 87.8 Å². The van der Waals surface area contributed by atoms with Gasteiger partial charge in [-0.2, -0.15) is 10.5 Å². The van der Waals surface area contributed by atoms with Crippen molar-refractivity contribution in [1.82, 2.24) is 4.57 Å². The van der Waals surface area contributed by atoms with Crippen LogP contribution in [0.2, 0.25) is 0 Å². The van der Waals surface area contributed by atoms with Crippen LogP contribution in [0.1, 0.15) is 16.7 Å². The molecule has 15 heavy (non-hydrogen) atoms. The van der Waals surface area contributed by atoms with Crippen LogP contribution in [0.25, 0.3) is 10.9 Å². The molecule has 0 aliphatic rings. The molecule has 1 aromatic heterocycles. The molecule has 2 rings (SSSR count). The smallest absolute Gasteiger partial charge is 0.101 e. The van der Waals surface area contributed by atoms with Crippen LogP contribution in [-0.2, 0) is 7.05 Å². The number of nitriles is 2. The van der Waals surface area contributed by atoms with E-state index in [-0.39, 0.29) is 0 Å². The van der Waals surface area contributed by atoms with E-state index >= 15 is 0 Å². The van der Waals surface area contributed by atoms with E-state index < -0.39 is 0 Å². The van der Waals surface area contributed by atoms with Gasteiger partial charge in [0.15, 0.2) is 0 Å². The predicted molar refractivity (Wildman–Crippen MR) is 57.1 cm³/mol. The number of aryl methyl sites for hydroxylation is 2. The fraction of sp³-hybridized carbons (Fsp3) is 0.167. The first kappa shape index (κ1) is 9.30. The van der Waals surface area contributed by atoms with Crippen molar-refractivity contribution in [3.8, 4) is 12.1 Å². The molecular formula is C12H9N3. The van der Waals surface area contributed by atoms with Crippen molar-refractivity contribution in [2.45, 2.75) is 6.92 Å². The SMILES string of the molecule is Cc1cc(C#N)c2c(ccn2C)c1C#N. The van der Waals surface area contributed by atoms with Crippen LogP contribution in [0.15, 0.2) is 18.3 Å². The molecule has 0 unspecified atom stereocenters. The average Bonchev–Trinajstić information content (AvgIpc) is 2.60. The summed E-state index contributed by atoms with van der Waals surface area (Å²) in [7, 11) is 1.87. The van der Waals surface area contributed by atoms with Gasteiger partial charge in [0.25, 0.3) is 0 Å². The Morgan fingerprint density at radius 1 is 1.27 bits per heavy atom. The van der Waals surface area contributed by atoms with E-state index in [2.05, 4.69) is 12.1 Å². The number of benzene rings is 1. The Morgan fingerprint density at radius 3 is 2.60 bits per heavy atom. The highest BCUT2D eigenvalue weighted by Gasteiger charge is 2.11. The number of hydrogen-bond donors (Lipinski definition) is 0. The third-order valence-electron chi connectivity index (χ3n) is 2.58. The number of nitrogens with zero attached hydrogens (tertiary/aromatic N) is 3. The number of aromatic nitrogens is 1. The van der Waals surface area contributed by atoms with E-state index in [9.17, 15) is 0 Å². The lowest BCUT2D eigenvalue weighted by molar-refractivity contribution is 0.967. The summed E-state index contributed by atoms with van der Waals surface area (Å²) in [6.07, 6.45) is 1.87. The zero-order valence-corrected chi connectivity index (χ0v) is 8.57. The van der Waals surface area contributed by atoms with Gasteiger partial charge >= 0.3 is 0 Å². The standard InChI is InChI=1S/C12H9N3/c1-8-5-9(6-13)12-10(11(8)7-14)3-4-15(12)2/h3-5H,1-2H3. The Kier molecular flexibility index (Phi) is 1.95. The molecule has 3 nitrogen and oxygen atoms in total. The number of fused-ring (bicyclic) bond motifs is 1. The first-order valence-corrected chi connectivity index (χ1v) is 4.58. The van der Waals surface area contributed by atoms with Gasteiger partial charge in [0.05, 0.1) is 16.6 Å². The van der Waals surface area contributed by atoms with Crippen molar-refractivity contribution in [2.75, 3.05) is 0 Å². The molecule has 0 saturated carbocycles. The van der Waals surface area contributed by atoms with Gasteiger partial charge in [-0.15, -0.1) is 0 Å². The van der Waals surface area contributed by atoms with Crippen molar-refractivity contribution < 1.29 is 0 Å². The van der Waals surface area contributed by atoms with Gasteiger partial charge < -0.3 is 4.57 Å². The van der Waals surface area contributed by atoms with E-state index in [1.807, 2.05) is 30.8 Å². The first-order valence-electron chi connectivity index (χ1n) is 4.58. The summed E-state index contributed by atoms with van der Waals surface area (Å²) in [6, 6.07) is 7.98. The highest BCUT2D eigenvalue weighted by atomic mass is 14.9. The van der Waals surface area contributed by atoms with Crippen LogP contribution in [-0.4, -0.2) is 4.57 Å². The summed E-state index contributed by atoms with van der Waals surface area (Å²) in [5.41, 5.74) is 2.96. The summed E-state index contributed by atoms with van der Waals surface area (Å²) in [6.45, 7) is 1.85. The van der Waals surface area contributed by atoms with Crippen molar-refractivity contribution in [3.63, 3.8) is 0 Å². The molecule has 0 N–H and O–H groups in total. The summed E-state index contributed by atoms with van der Waals surface area (Å²) in [5.74, 6) is 0. The van der Waals surface area contributed by atoms with Crippen molar-refractivity contribution >= 4 is 10.9 Å². The van der Waals surface area contributed by atoms with Crippen LogP contribution in [0.5, 0.6) is 0 Å². The zero-order chi connectivity index (χ0) is 11.0. The van der Waals surface area contributed by atoms with Gasteiger partial charge in [-0.25, -0.2) is 0 Å². The molecule has 1 heterocycles. The first-order chi connectivity index (χ1) is 7.19. The van der Waals surface area contributed by atoms with E-state index in [0.717, 1.165) is 16.5 Å². The molecule has 0 amide bonds. The third kappa shape index (κ3) is 1.18. The summed E-state index contributed by atoms with van der Waals surface area (Å²) in [5, 5.41) is 18.9. The minimum absolute atomic E-state index is 0.619. The van der Waals surface area contributed by atoms with E-state index in [4.69, 9.17) is 10.5 Å². The molecule has 0 radical (unpaired) electrons. The molecule has 0 atom stereocenters. The number of rotatable bonds is 0. The average molecular weight is 195 g/mol. The second kappa shape index (κ2) is 3.15. The maximum Gasteiger partial charge on any atom is 0.101 e. The largest absolute Gasteiger partial charge is 0.349 e. The third-order valence-corrected chi connectivity index (χ3v) is 2.58. The molecule has 3 heteroatoms. The summed E-state index contributed by atoms with van der Waals surface area (Å²) >= 11 is 0. The zero-order valence-electron chi connectivity index (χ0n) is 8.57. The molecule has 0 fully saturated rings. The topological polar surface area (TPSA) is 52.5 Å². The maximum atomic E-state index is 9.05. The van der Waals surface area contributed by atoms with Crippen LogP contribution in [0, 0.1) is 29.6 Å². The van der Waals surface area contributed by atoms with Gasteiger partial charge in [0.2, 0.25) is 0 Å². The minimum Gasteiger partial charge on any atom is -0.349 e. The molecule has 0 spiro atoms. The Morgan fingerprint density at radius 2 is 2.00 bits per heavy atom. The van der Waals surface area contributed by atoms with Crippen LogP contribution in [0.4, 0.5) is 0 Å². The second-order valence-electron chi connectivity index (χ2n) is 3.53. The quantitative estimate of drug-likeness (QED) is 0.647. The normalized spacial score (nSPS) is 9.87. The number of hydrogen-bond acceptors (Lipinski definition) is 2. The van der Waals surface area contributed by atoms with Crippen molar-refractivity contribution in [3.05, 3.63) is 35.0 Å². The maximum absolute atomic E-state index is 9.05. The van der Waals surface area contributed by atoms with Gasteiger partial charge in [0, 0.05) is 18.6 Å². The van der Waals surface area contributed by atoms with E-state index in [1.165, 1.54) is 0 Å². The predicted octanol–water partition coefficient (Wildman–Crippen LogP) is 2.23. The Bertz CT molecular complexity index is 621. The summed E-state index contributed by atoms with van der Waals surface area (Å²) < 4.78 is 1.87. The second-order valence-corrected chi connectivity index (χ2v) is 3.53. The molecule has 72 valence electrons. The van der Waals surface area contributed by atoms with E-state index in [1.54, 1.807) is 6.07 Å². The molecule has 2 aromatic rings. The van der Waals surface area contributed by atoms with Gasteiger partial charge in [-0.3, -0.25) is 0 Å². The monoisotopic (exact) mass is 195 g/mol. The Hall–Kier alpha value is -2.26. The molecule has 1 aromatic carbocycles. The highest BCUT2D eigenvalue weighted by molar-refractivity contribution is 5.91. The van der Waals surface area contributed by atoms with Gasteiger partial charge in [-0.05, 0) is 24.6 Å². The fourth-order valence-electron chi connectivity index (χ4n) is 1.87. The van der Waals surface area contributed by atoms with E-state index in [0.29, 0.717) is 11.1 Å². The lowest BCUT2D eigenvalue weighted by Crippen LogP contribution is -1.92. The van der Waals surface area contributed by atoms with Crippen molar-refractivity contribution in [1.29, 1.82) is 10.5 Å². The summed E-state index contributed by atoms with van der Waals surface area (Å²) in [4.78, 5) is 0.